The third-order valence-electron chi connectivity index (χ3n) is 7.25. The van der Waals surface area contributed by atoms with Gasteiger partial charge in [-0.2, -0.15) is 5.10 Å². The fraction of sp³-hybridized carbons (Fsp3) is 0.429. The molecule has 178 valence electrons. The summed E-state index contributed by atoms with van der Waals surface area (Å²) < 4.78 is 8.84. The van der Waals surface area contributed by atoms with Crippen LogP contribution >= 0.6 is 11.6 Å². The highest BCUT2D eigenvalue weighted by Crippen LogP contribution is 2.41. The lowest BCUT2D eigenvalue weighted by atomic mass is 9.82. The van der Waals surface area contributed by atoms with E-state index in [9.17, 15) is 9.90 Å². The molecule has 3 aromatic rings. The van der Waals surface area contributed by atoms with Gasteiger partial charge in [-0.15, -0.1) is 0 Å². The first-order chi connectivity index (χ1) is 16.6. The number of hydrogen-bond donors (Lipinski definition) is 1. The number of fused-ring (bicyclic) bond motifs is 1. The molecule has 0 amide bonds. The van der Waals surface area contributed by atoms with Gasteiger partial charge < -0.3 is 9.84 Å². The summed E-state index contributed by atoms with van der Waals surface area (Å²) in [6.07, 6.45) is 10.4. The second kappa shape index (κ2) is 10.3. The van der Waals surface area contributed by atoms with E-state index in [0.29, 0.717) is 23.1 Å². The second-order valence-corrected chi connectivity index (χ2v) is 9.97. The van der Waals surface area contributed by atoms with Crippen LogP contribution in [0.2, 0.25) is 5.02 Å². The summed E-state index contributed by atoms with van der Waals surface area (Å²) in [5.41, 5.74) is 6.05. The number of carbonyl (C=O) groups is 1. The molecule has 1 atom stereocenters. The third kappa shape index (κ3) is 4.91. The molecule has 0 radical (unpaired) electrons. The van der Waals surface area contributed by atoms with Gasteiger partial charge in [0.15, 0.2) is 0 Å². The molecule has 1 N–H and O–H groups in total. The van der Waals surface area contributed by atoms with Crippen molar-refractivity contribution in [2.45, 2.75) is 70.5 Å². The Morgan fingerprint density at radius 1 is 1.00 bits per heavy atom. The number of rotatable bonds is 7. The van der Waals surface area contributed by atoms with Gasteiger partial charge >= 0.3 is 5.97 Å². The van der Waals surface area contributed by atoms with E-state index in [1.54, 1.807) is 12.1 Å². The van der Waals surface area contributed by atoms with Gasteiger partial charge in [0.25, 0.3) is 0 Å². The SMILES string of the molecule is O=C(O)c1ccc(COC(c2c3c(nn2-c2ccc(Cl)cc2)CCCC3)C2CCCCC2)cc1. The highest BCUT2D eigenvalue weighted by Gasteiger charge is 2.33. The van der Waals surface area contributed by atoms with Crippen molar-refractivity contribution in [2.75, 3.05) is 0 Å². The average molecular weight is 479 g/mol. The summed E-state index contributed by atoms with van der Waals surface area (Å²) >= 11 is 6.18. The van der Waals surface area contributed by atoms with Crippen LogP contribution in [0.4, 0.5) is 0 Å². The van der Waals surface area contributed by atoms with E-state index < -0.39 is 5.97 Å². The number of carboxylic acid groups (broad SMARTS) is 1. The van der Waals surface area contributed by atoms with Crippen LogP contribution in [0.5, 0.6) is 0 Å². The van der Waals surface area contributed by atoms with Crippen molar-refractivity contribution in [1.82, 2.24) is 9.78 Å². The van der Waals surface area contributed by atoms with E-state index in [-0.39, 0.29) is 6.10 Å². The smallest absolute Gasteiger partial charge is 0.335 e. The maximum absolute atomic E-state index is 11.2. The zero-order chi connectivity index (χ0) is 23.5. The summed E-state index contributed by atoms with van der Waals surface area (Å²) in [5, 5.41) is 15.0. The highest BCUT2D eigenvalue weighted by atomic mass is 35.5. The van der Waals surface area contributed by atoms with Crippen LogP contribution in [-0.2, 0) is 24.2 Å². The minimum Gasteiger partial charge on any atom is -0.478 e. The van der Waals surface area contributed by atoms with Crippen molar-refractivity contribution in [3.8, 4) is 5.69 Å². The first kappa shape index (κ1) is 23.1. The Kier molecular flexibility index (Phi) is 7.02. The third-order valence-corrected chi connectivity index (χ3v) is 7.50. The van der Waals surface area contributed by atoms with E-state index in [2.05, 4.69) is 4.68 Å². The molecule has 6 heteroatoms. The summed E-state index contributed by atoms with van der Waals surface area (Å²) in [6.45, 7) is 0.446. The maximum Gasteiger partial charge on any atom is 0.335 e. The van der Waals surface area contributed by atoms with Crippen LogP contribution < -0.4 is 0 Å². The first-order valence-corrected chi connectivity index (χ1v) is 12.8. The lowest BCUT2D eigenvalue weighted by Gasteiger charge is -2.32. The summed E-state index contributed by atoms with van der Waals surface area (Å²) in [7, 11) is 0. The van der Waals surface area contributed by atoms with Crippen molar-refractivity contribution in [3.63, 3.8) is 0 Å². The fourth-order valence-corrected chi connectivity index (χ4v) is 5.58. The summed E-state index contributed by atoms with van der Waals surface area (Å²) in [6, 6.07) is 14.9. The van der Waals surface area contributed by atoms with Crippen molar-refractivity contribution in [1.29, 1.82) is 0 Å². The molecule has 1 aromatic heterocycles. The van der Waals surface area contributed by atoms with E-state index in [1.165, 1.54) is 49.1 Å². The number of aromatic carboxylic acids is 1. The minimum atomic E-state index is -0.911. The number of hydrogen-bond acceptors (Lipinski definition) is 3. The molecule has 1 saturated carbocycles. The van der Waals surface area contributed by atoms with Gasteiger partial charge in [-0.05, 0) is 92.0 Å². The van der Waals surface area contributed by atoms with Gasteiger partial charge in [0, 0.05) is 5.02 Å². The Morgan fingerprint density at radius 2 is 1.71 bits per heavy atom. The monoisotopic (exact) mass is 478 g/mol. The molecule has 2 aliphatic carbocycles. The molecule has 0 spiro atoms. The molecule has 1 unspecified atom stereocenters. The molecule has 0 aliphatic heterocycles. The van der Waals surface area contributed by atoms with E-state index in [4.69, 9.17) is 21.4 Å². The van der Waals surface area contributed by atoms with E-state index in [1.807, 2.05) is 36.4 Å². The quantitative estimate of drug-likeness (QED) is 0.399. The number of halogens is 1. The van der Waals surface area contributed by atoms with Crippen molar-refractivity contribution < 1.29 is 14.6 Å². The van der Waals surface area contributed by atoms with Crippen LogP contribution in [0.25, 0.3) is 5.69 Å². The molecule has 2 aliphatic rings. The van der Waals surface area contributed by atoms with Gasteiger partial charge in [0.1, 0.15) is 6.10 Å². The molecular formula is C28H31ClN2O3. The largest absolute Gasteiger partial charge is 0.478 e. The van der Waals surface area contributed by atoms with Gasteiger partial charge in [0.2, 0.25) is 0 Å². The van der Waals surface area contributed by atoms with Gasteiger partial charge in [-0.3, -0.25) is 0 Å². The van der Waals surface area contributed by atoms with Crippen LogP contribution in [-0.4, -0.2) is 20.9 Å². The fourth-order valence-electron chi connectivity index (χ4n) is 5.45. The van der Waals surface area contributed by atoms with E-state index in [0.717, 1.165) is 36.9 Å². The molecule has 34 heavy (non-hydrogen) atoms. The van der Waals surface area contributed by atoms with Gasteiger partial charge in [0.05, 0.1) is 29.2 Å². The molecule has 0 bridgehead atoms. The van der Waals surface area contributed by atoms with Crippen LogP contribution in [0.15, 0.2) is 48.5 Å². The zero-order valence-corrected chi connectivity index (χ0v) is 20.1. The predicted molar refractivity (Wildman–Crippen MR) is 133 cm³/mol. The van der Waals surface area contributed by atoms with Crippen molar-refractivity contribution in [3.05, 3.63) is 81.6 Å². The lowest BCUT2D eigenvalue weighted by Crippen LogP contribution is -2.23. The van der Waals surface area contributed by atoms with Crippen molar-refractivity contribution in [2.24, 2.45) is 5.92 Å². The Bertz CT molecular complexity index is 1130. The Labute approximate surface area is 205 Å². The number of aryl methyl sites for hydroxylation is 1. The molecule has 5 nitrogen and oxygen atoms in total. The lowest BCUT2D eigenvalue weighted by molar-refractivity contribution is -0.0169. The molecule has 0 saturated heterocycles. The average Bonchev–Trinajstić information content (AvgIpc) is 3.25. The number of nitrogens with zero attached hydrogens (tertiary/aromatic N) is 2. The molecular weight excluding hydrogens is 448 g/mol. The van der Waals surface area contributed by atoms with Crippen LogP contribution in [0.1, 0.15) is 83.9 Å². The number of carboxylic acids is 1. The van der Waals surface area contributed by atoms with Crippen molar-refractivity contribution >= 4 is 17.6 Å². The summed E-state index contributed by atoms with van der Waals surface area (Å²) in [4.78, 5) is 11.2. The number of benzene rings is 2. The number of ether oxygens (including phenoxy) is 1. The Morgan fingerprint density at radius 3 is 2.41 bits per heavy atom. The Hall–Kier alpha value is -2.63. The minimum absolute atomic E-state index is 0.0514. The standard InChI is InChI=1S/C28H31ClN2O3/c29-22-14-16-23(17-15-22)31-26(24-8-4-5-9-25(24)30-31)27(20-6-2-1-3-7-20)34-18-19-10-12-21(13-11-19)28(32)33/h10-17,20,27H,1-9,18H2,(H,32,33). The molecule has 2 aromatic carbocycles. The van der Waals surface area contributed by atoms with Crippen LogP contribution in [0, 0.1) is 5.92 Å². The molecule has 5 rings (SSSR count). The summed E-state index contributed by atoms with van der Waals surface area (Å²) in [5.74, 6) is -0.466. The van der Waals surface area contributed by atoms with E-state index >= 15 is 0 Å². The first-order valence-electron chi connectivity index (χ1n) is 12.4. The topological polar surface area (TPSA) is 64.3 Å². The van der Waals surface area contributed by atoms with Gasteiger partial charge in [-0.25, -0.2) is 9.48 Å². The second-order valence-electron chi connectivity index (χ2n) is 9.54. The van der Waals surface area contributed by atoms with Crippen LogP contribution in [0.3, 0.4) is 0 Å². The number of aromatic nitrogens is 2. The Balaban J connectivity index is 1.52. The molecule has 1 heterocycles. The normalized spacial score (nSPS) is 17.3. The zero-order valence-electron chi connectivity index (χ0n) is 19.4. The predicted octanol–water partition coefficient (Wildman–Crippen LogP) is 6.94. The molecule has 1 fully saturated rings. The highest BCUT2D eigenvalue weighted by molar-refractivity contribution is 6.30. The van der Waals surface area contributed by atoms with Gasteiger partial charge in [-0.1, -0.05) is 43.0 Å². The maximum atomic E-state index is 11.2.